The van der Waals surface area contributed by atoms with Crippen molar-refractivity contribution in [1.82, 2.24) is 0 Å². The Hall–Kier alpha value is -0.0300. The molecule has 2 aliphatic heterocycles. The van der Waals surface area contributed by atoms with Crippen molar-refractivity contribution in [3.8, 4) is 0 Å². The summed E-state index contributed by atoms with van der Waals surface area (Å²) in [6.07, 6.45) is 4.70. The van der Waals surface area contributed by atoms with Gasteiger partial charge in [-0.1, -0.05) is 11.6 Å². The molecule has 0 aromatic heterocycles. The second-order valence-electron chi connectivity index (χ2n) is 5.56. The summed E-state index contributed by atoms with van der Waals surface area (Å²) in [6, 6.07) is 5.96. The number of nitrogen functional groups attached to an aromatic ring is 1. The van der Waals surface area contributed by atoms with Gasteiger partial charge in [0.25, 0.3) is 0 Å². The SMILES string of the molecule is Nc1ccc(SC2CCOC3(CCSCC3)C2)cc1Cl. The van der Waals surface area contributed by atoms with Gasteiger partial charge in [-0.05, 0) is 55.4 Å². The van der Waals surface area contributed by atoms with E-state index in [0.29, 0.717) is 16.0 Å². The van der Waals surface area contributed by atoms with Gasteiger partial charge in [0.1, 0.15) is 0 Å². The normalized spacial score (nSPS) is 25.8. The van der Waals surface area contributed by atoms with Crippen LogP contribution in [0.5, 0.6) is 0 Å². The third-order valence-corrected chi connectivity index (χ3v) is 6.70. The summed E-state index contributed by atoms with van der Waals surface area (Å²) in [5.41, 5.74) is 6.58. The van der Waals surface area contributed by atoms with E-state index in [2.05, 4.69) is 17.8 Å². The summed E-state index contributed by atoms with van der Waals surface area (Å²) in [4.78, 5) is 1.22. The molecule has 1 unspecified atom stereocenters. The highest BCUT2D eigenvalue weighted by molar-refractivity contribution is 8.00. The Kier molecular flexibility index (Phi) is 4.75. The van der Waals surface area contributed by atoms with E-state index in [-0.39, 0.29) is 5.60 Å². The van der Waals surface area contributed by atoms with Crippen LogP contribution in [-0.4, -0.2) is 29.0 Å². The molecule has 3 rings (SSSR count). The van der Waals surface area contributed by atoms with Crippen LogP contribution in [0.1, 0.15) is 25.7 Å². The molecule has 1 spiro atoms. The van der Waals surface area contributed by atoms with E-state index in [1.165, 1.54) is 35.7 Å². The van der Waals surface area contributed by atoms with Gasteiger partial charge >= 0.3 is 0 Å². The number of anilines is 1. The molecule has 0 bridgehead atoms. The fourth-order valence-electron chi connectivity index (χ4n) is 2.95. The lowest BCUT2D eigenvalue weighted by Gasteiger charge is -2.43. The van der Waals surface area contributed by atoms with E-state index < -0.39 is 0 Å². The molecule has 2 nitrogen and oxygen atoms in total. The van der Waals surface area contributed by atoms with Crippen molar-refractivity contribution in [2.75, 3.05) is 23.8 Å². The summed E-state index contributed by atoms with van der Waals surface area (Å²) in [5, 5.41) is 1.29. The highest BCUT2D eigenvalue weighted by atomic mass is 35.5. The molecular weight excluding hydrogens is 310 g/mol. The number of thioether (sulfide) groups is 2. The molecule has 1 aromatic rings. The van der Waals surface area contributed by atoms with Crippen LogP contribution in [0.25, 0.3) is 0 Å². The number of nitrogens with two attached hydrogens (primary N) is 1. The second kappa shape index (κ2) is 6.39. The Balaban J connectivity index is 1.66. The molecule has 0 amide bonds. The molecule has 110 valence electrons. The molecular formula is C15H20ClNOS2. The first-order valence-electron chi connectivity index (χ1n) is 7.10. The van der Waals surface area contributed by atoms with Gasteiger partial charge in [-0.2, -0.15) is 11.8 Å². The van der Waals surface area contributed by atoms with Crippen molar-refractivity contribution in [2.45, 2.75) is 41.4 Å². The first kappa shape index (κ1) is 14.9. The van der Waals surface area contributed by atoms with Crippen molar-refractivity contribution < 1.29 is 4.74 Å². The molecule has 0 radical (unpaired) electrons. The van der Waals surface area contributed by atoms with E-state index >= 15 is 0 Å². The van der Waals surface area contributed by atoms with Gasteiger partial charge < -0.3 is 10.5 Å². The first-order chi connectivity index (χ1) is 9.67. The minimum absolute atomic E-state index is 0.152. The fraction of sp³-hybridized carbons (Fsp3) is 0.600. The maximum absolute atomic E-state index is 6.14. The van der Waals surface area contributed by atoms with Gasteiger partial charge in [0, 0.05) is 16.8 Å². The van der Waals surface area contributed by atoms with E-state index in [4.69, 9.17) is 22.1 Å². The molecule has 2 N–H and O–H groups in total. The Labute approximate surface area is 134 Å². The zero-order valence-electron chi connectivity index (χ0n) is 11.4. The van der Waals surface area contributed by atoms with Crippen LogP contribution in [-0.2, 0) is 4.74 Å². The van der Waals surface area contributed by atoms with Crippen LogP contribution in [0.15, 0.2) is 23.1 Å². The maximum Gasteiger partial charge on any atom is 0.0709 e. The molecule has 0 saturated carbocycles. The van der Waals surface area contributed by atoms with Crippen molar-refractivity contribution in [3.05, 3.63) is 23.2 Å². The largest absolute Gasteiger partial charge is 0.398 e. The minimum atomic E-state index is 0.152. The second-order valence-corrected chi connectivity index (χ2v) is 8.57. The first-order valence-corrected chi connectivity index (χ1v) is 9.52. The molecule has 20 heavy (non-hydrogen) atoms. The highest BCUT2D eigenvalue weighted by Gasteiger charge is 2.38. The molecule has 2 aliphatic rings. The Morgan fingerprint density at radius 2 is 2.15 bits per heavy atom. The van der Waals surface area contributed by atoms with Crippen molar-refractivity contribution in [1.29, 1.82) is 0 Å². The number of rotatable bonds is 2. The topological polar surface area (TPSA) is 35.2 Å². The molecule has 2 heterocycles. The van der Waals surface area contributed by atoms with Crippen LogP contribution in [0.4, 0.5) is 5.69 Å². The van der Waals surface area contributed by atoms with Crippen molar-refractivity contribution >= 4 is 40.8 Å². The van der Waals surface area contributed by atoms with Gasteiger partial charge in [-0.15, -0.1) is 11.8 Å². The molecule has 1 aromatic carbocycles. The number of benzene rings is 1. The van der Waals surface area contributed by atoms with Crippen LogP contribution in [0, 0.1) is 0 Å². The van der Waals surface area contributed by atoms with Crippen LogP contribution in [0.3, 0.4) is 0 Å². The van der Waals surface area contributed by atoms with Crippen molar-refractivity contribution in [2.24, 2.45) is 0 Å². The van der Waals surface area contributed by atoms with Crippen LogP contribution in [0.2, 0.25) is 5.02 Å². The summed E-state index contributed by atoms with van der Waals surface area (Å²) in [7, 11) is 0. The highest BCUT2D eigenvalue weighted by Crippen LogP contribution is 2.43. The predicted molar refractivity (Wildman–Crippen MR) is 90.0 cm³/mol. The summed E-state index contributed by atoms with van der Waals surface area (Å²) < 4.78 is 6.14. The summed E-state index contributed by atoms with van der Waals surface area (Å²) >= 11 is 10.1. The number of hydrogen-bond acceptors (Lipinski definition) is 4. The number of hydrogen-bond donors (Lipinski definition) is 1. The molecule has 0 aliphatic carbocycles. The van der Waals surface area contributed by atoms with E-state index in [9.17, 15) is 0 Å². The van der Waals surface area contributed by atoms with E-state index in [1.54, 1.807) is 0 Å². The zero-order valence-corrected chi connectivity index (χ0v) is 13.8. The summed E-state index contributed by atoms with van der Waals surface area (Å²) in [5.74, 6) is 2.48. The monoisotopic (exact) mass is 329 g/mol. The van der Waals surface area contributed by atoms with Gasteiger partial charge in [0.2, 0.25) is 0 Å². The lowest BCUT2D eigenvalue weighted by atomic mass is 9.88. The Morgan fingerprint density at radius 1 is 1.35 bits per heavy atom. The zero-order chi connectivity index (χ0) is 14.0. The van der Waals surface area contributed by atoms with E-state index in [0.717, 1.165) is 13.0 Å². The molecule has 2 fully saturated rings. The molecule has 1 atom stereocenters. The average Bonchev–Trinajstić information content (AvgIpc) is 2.44. The molecule has 5 heteroatoms. The fourth-order valence-corrected chi connectivity index (χ4v) is 5.75. The lowest BCUT2D eigenvalue weighted by Crippen LogP contribution is -2.43. The number of halogens is 1. The molecule has 2 saturated heterocycles. The lowest BCUT2D eigenvalue weighted by molar-refractivity contribution is -0.0804. The third kappa shape index (κ3) is 3.41. The smallest absolute Gasteiger partial charge is 0.0709 e. The quantitative estimate of drug-likeness (QED) is 0.812. The van der Waals surface area contributed by atoms with Gasteiger partial charge in [0.15, 0.2) is 0 Å². The van der Waals surface area contributed by atoms with Gasteiger partial charge in [0.05, 0.1) is 16.3 Å². The van der Waals surface area contributed by atoms with Gasteiger partial charge in [-0.25, -0.2) is 0 Å². The van der Waals surface area contributed by atoms with E-state index in [1.807, 2.05) is 23.9 Å². The maximum atomic E-state index is 6.14. The third-order valence-electron chi connectivity index (χ3n) is 4.13. The van der Waals surface area contributed by atoms with Crippen LogP contribution >= 0.6 is 35.1 Å². The predicted octanol–water partition coefficient (Wildman–Crippen LogP) is 4.46. The Bertz CT molecular complexity index is 471. The van der Waals surface area contributed by atoms with Gasteiger partial charge in [-0.3, -0.25) is 0 Å². The minimum Gasteiger partial charge on any atom is -0.398 e. The van der Waals surface area contributed by atoms with Crippen LogP contribution < -0.4 is 5.73 Å². The average molecular weight is 330 g/mol. The standard InChI is InChI=1S/C15H20ClNOS2/c16-13-9-11(1-2-14(13)17)20-12-3-6-18-15(10-12)4-7-19-8-5-15/h1-2,9,12H,3-8,10,17H2. The summed E-state index contributed by atoms with van der Waals surface area (Å²) in [6.45, 7) is 0.894. The number of ether oxygens (including phenoxy) is 1. The van der Waals surface area contributed by atoms with Crippen molar-refractivity contribution in [3.63, 3.8) is 0 Å². The Morgan fingerprint density at radius 3 is 2.90 bits per heavy atom.